The molecule has 0 spiro atoms. The van der Waals surface area contributed by atoms with Crippen LogP contribution in [0.1, 0.15) is 13.3 Å². The SMILES string of the molecule is CCC(O)CNc1ccc(N)cc1I. The second-order valence-corrected chi connectivity index (χ2v) is 4.34. The third kappa shape index (κ3) is 3.34. The molecule has 0 fully saturated rings. The predicted molar refractivity (Wildman–Crippen MR) is 68.4 cm³/mol. The van der Waals surface area contributed by atoms with E-state index < -0.39 is 0 Å². The molecule has 0 amide bonds. The van der Waals surface area contributed by atoms with E-state index in [0.29, 0.717) is 6.54 Å². The molecular formula is C10H15IN2O. The van der Waals surface area contributed by atoms with Crippen LogP contribution in [0.3, 0.4) is 0 Å². The normalized spacial score (nSPS) is 12.5. The summed E-state index contributed by atoms with van der Waals surface area (Å²) >= 11 is 2.22. The van der Waals surface area contributed by atoms with Crippen LogP contribution in [0.15, 0.2) is 18.2 Å². The van der Waals surface area contributed by atoms with E-state index in [1.54, 1.807) is 0 Å². The molecular weight excluding hydrogens is 291 g/mol. The average molecular weight is 306 g/mol. The maximum atomic E-state index is 9.38. The van der Waals surface area contributed by atoms with Crippen LogP contribution in [0, 0.1) is 3.57 Å². The first-order valence-corrected chi connectivity index (χ1v) is 5.68. The lowest BCUT2D eigenvalue weighted by molar-refractivity contribution is 0.183. The van der Waals surface area contributed by atoms with Crippen LogP contribution in [0.25, 0.3) is 0 Å². The van der Waals surface area contributed by atoms with E-state index in [1.165, 1.54) is 0 Å². The molecule has 0 saturated carbocycles. The van der Waals surface area contributed by atoms with Gasteiger partial charge >= 0.3 is 0 Å². The summed E-state index contributed by atoms with van der Waals surface area (Å²) in [5.41, 5.74) is 7.41. The monoisotopic (exact) mass is 306 g/mol. The van der Waals surface area contributed by atoms with Crippen molar-refractivity contribution in [3.8, 4) is 0 Å². The van der Waals surface area contributed by atoms with Gasteiger partial charge in [0.2, 0.25) is 0 Å². The molecule has 0 aliphatic rings. The second kappa shape index (κ2) is 5.41. The van der Waals surface area contributed by atoms with E-state index in [-0.39, 0.29) is 6.10 Å². The Morgan fingerprint density at radius 3 is 2.86 bits per heavy atom. The number of nitrogens with one attached hydrogen (secondary N) is 1. The van der Waals surface area contributed by atoms with Gasteiger partial charge in [-0.3, -0.25) is 0 Å². The Balaban J connectivity index is 2.59. The van der Waals surface area contributed by atoms with Gasteiger partial charge < -0.3 is 16.2 Å². The zero-order valence-corrected chi connectivity index (χ0v) is 10.3. The molecule has 1 atom stereocenters. The molecule has 4 N–H and O–H groups in total. The number of nitrogens with two attached hydrogens (primary N) is 1. The fraction of sp³-hybridized carbons (Fsp3) is 0.400. The van der Waals surface area contributed by atoms with Crippen LogP contribution in [-0.2, 0) is 0 Å². The number of nitrogen functional groups attached to an aromatic ring is 1. The number of aliphatic hydroxyl groups is 1. The Labute approximate surface area is 97.8 Å². The quantitative estimate of drug-likeness (QED) is 0.589. The van der Waals surface area contributed by atoms with Crippen LogP contribution in [0.5, 0.6) is 0 Å². The van der Waals surface area contributed by atoms with Crippen molar-refractivity contribution in [2.45, 2.75) is 19.4 Å². The fourth-order valence-electron chi connectivity index (χ4n) is 1.05. The van der Waals surface area contributed by atoms with Crippen molar-refractivity contribution in [3.05, 3.63) is 21.8 Å². The van der Waals surface area contributed by atoms with Gasteiger partial charge in [0.1, 0.15) is 0 Å². The van der Waals surface area contributed by atoms with Gasteiger partial charge in [-0.25, -0.2) is 0 Å². The molecule has 0 heterocycles. The van der Waals surface area contributed by atoms with Gasteiger partial charge in [-0.1, -0.05) is 6.92 Å². The maximum Gasteiger partial charge on any atom is 0.0709 e. The number of hydrogen-bond acceptors (Lipinski definition) is 3. The minimum atomic E-state index is -0.289. The zero-order chi connectivity index (χ0) is 10.6. The van der Waals surface area contributed by atoms with E-state index in [4.69, 9.17) is 5.73 Å². The lowest BCUT2D eigenvalue weighted by Gasteiger charge is -2.12. The van der Waals surface area contributed by atoms with E-state index in [2.05, 4.69) is 27.9 Å². The molecule has 1 aromatic carbocycles. The smallest absolute Gasteiger partial charge is 0.0709 e. The number of rotatable bonds is 4. The summed E-state index contributed by atoms with van der Waals surface area (Å²) < 4.78 is 1.07. The van der Waals surface area contributed by atoms with E-state index in [0.717, 1.165) is 21.4 Å². The lowest BCUT2D eigenvalue weighted by Crippen LogP contribution is -2.18. The third-order valence-corrected chi connectivity index (χ3v) is 2.89. The first kappa shape index (κ1) is 11.6. The minimum Gasteiger partial charge on any atom is -0.399 e. The van der Waals surface area contributed by atoms with E-state index >= 15 is 0 Å². The number of hydrogen-bond donors (Lipinski definition) is 3. The van der Waals surface area contributed by atoms with Crippen molar-refractivity contribution < 1.29 is 5.11 Å². The first-order valence-electron chi connectivity index (χ1n) is 4.60. The number of benzene rings is 1. The first-order chi connectivity index (χ1) is 6.63. The third-order valence-electron chi connectivity index (χ3n) is 1.99. The van der Waals surface area contributed by atoms with Gasteiger partial charge in [-0.15, -0.1) is 0 Å². The highest BCUT2D eigenvalue weighted by Crippen LogP contribution is 2.20. The minimum absolute atomic E-state index is 0.289. The van der Waals surface area contributed by atoms with Crippen LogP contribution in [0.4, 0.5) is 11.4 Å². The highest BCUT2D eigenvalue weighted by molar-refractivity contribution is 14.1. The van der Waals surface area contributed by atoms with Crippen LogP contribution >= 0.6 is 22.6 Å². The second-order valence-electron chi connectivity index (χ2n) is 3.18. The van der Waals surface area contributed by atoms with E-state index in [9.17, 15) is 5.11 Å². The Hall–Kier alpha value is -0.490. The Kier molecular flexibility index (Phi) is 4.47. The molecule has 0 aliphatic carbocycles. The van der Waals surface area contributed by atoms with Gasteiger partial charge in [-0.05, 0) is 47.2 Å². The highest BCUT2D eigenvalue weighted by atomic mass is 127. The summed E-state index contributed by atoms with van der Waals surface area (Å²) in [6.45, 7) is 2.54. The summed E-state index contributed by atoms with van der Waals surface area (Å²) in [5, 5.41) is 12.6. The number of aliphatic hydroxyl groups excluding tert-OH is 1. The molecule has 3 nitrogen and oxygen atoms in total. The Morgan fingerprint density at radius 1 is 1.57 bits per heavy atom. The van der Waals surface area contributed by atoms with Crippen molar-refractivity contribution in [2.24, 2.45) is 0 Å². The fourth-order valence-corrected chi connectivity index (χ4v) is 1.78. The van der Waals surface area contributed by atoms with Gasteiger partial charge in [0.15, 0.2) is 0 Å². The van der Waals surface area contributed by atoms with Crippen LogP contribution < -0.4 is 11.1 Å². The predicted octanol–water partition coefficient (Wildman–Crippen LogP) is 2.06. The molecule has 1 rings (SSSR count). The molecule has 14 heavy (non-hydrogen) atoms. The standard InChI is InChI=1S/C10H15IN2O/c1-2-8(14)6-13-10-4-3-7(12)5-9(10)11/h3-5,8,13-14H,2,6,12H2,1H3. The molecule has 4 heteroatoms. The van der Waals surface area contributed by atoms with Gasteiger partial charge in [0.25, 0.3) is 0 Å². The molecule has 78 valence electrons. The molecule has 0 aliphatic heterocycles. The van der Waals surface area contributed by atoms with Gasteiger partial charge in [0, 0.05) is 21.5 Å². The molecule has 1 aromatic rings. The van der Waals surface area contributed by atoms with Crippen molar-refractivity contribution in [1.29, 1.82) is 0 Å². The summed E-state index contributed by atoms with van der Waals surface area (Å²) in [6, 6.07) is 5.68. The molecule has 0 saturated heterocycles. The topological polar surface area (TPSA) is 58.3 Å². The zero-order valence-electron chi connectivity index (χ0n) is 8.13. The Morgan fingerprint density at radius 2 is 2.29 bits per heavy atom. The van der Waals surface area contributed by atoms with Crippen molar-refractivity contribution in [2.75, 3.05) is 17.6 Å². The van der Waals surface area contributed by atoms with Crippen LogP contribution in [0.2, 0.25) is 0 Å². The number of anilines is 2. The summed E-state index contributed by atoms with van der Waals surface area (Å²) in [5.74, 6) is 0. The molecule has 0 aromatic heterocycles. The number of halogens is 1. The summed E-state index contributed by atoms with van der Waals surface area (Å²) in [7, 11) is 0. The largest absolute Gasteiger partial charge is 0.399 e. The average Bonchev–Trinajstić information content (AvgIpc) is 2.16. The molecule has 0 bridgehead atoms. The molecule has 1 unspecified atom stereocenters. The lowest BCUT2D eigenvalue weighted by atomic mass is 10.2. The van der Waals surface area contributed by atoms with Gasteiger partial charge in [0.05, 0.1) is 6.10 Å². The highest BCUT2D eigenvalue weighted by Gasteiger charge is 2.02. The Bertz CT molecular complexity index is 304. The van der Waals surface area contributed by atoms with Crippen molar-refractivity contribution in [1.82, 2.24) is 0 Å². The maximum absolute atomic E-state index is 9.38. The van der Waals surface area contributed by atoms with Crippen molar-refractivity contribution in [3.63, 3.8) is 0 Å². The van der Waals surface area contributed by atoms with E-state index in [1.807, 2.05) is 25.1 Å². The van der Waals surface area contributed by atoms with Crippen LogP contribution in [-0.4, -0.2) is 17.8 Å². The van der Waals surface area contributed by atoms with Crippen molar-refractivity contribution >= 4 is 34.0 Å². The molecule has 0 radical (unpaired) electrons. The summed E-state index contributed by atoms with van der Waals surface area (Å²) in [6.07, 6.45) is 0.474. The summed E-state index contributed by atoms with van der Waals surface area (Å²) in [4.78, 5) is 0. The van der Waals surface area contributed by atoms with Gasteiger partial charge in [-0.2, -0.15) is 0 Å².